The van der Waals surface area contributed by atoms with Crippen LogP contribution in [-0.2, 0) is 17.7 Å². The molecule has 1 aromatic carbocycles. The summed E-state index contributed by atoms with van der Waals surface area (Å²) >= 11 is 0. The van der Waals surface area contributed by atoms with E-state index in [1.54, 1.807) is 13.3 Å². The van der Waals surface area contributed by atoms with E-state index >= 15 is 0 Å². The highest BCUT2D eigenvalue weighted by Crippen LogP contribution is 2.34. The Morgan fingerprint density at radius 3 is 2.71 bits per heavy atom. The van der Waals surface area contributed by atoms with Gasteiger partial charge in [0.15, 0.2) is 0 Å². The molecule has 28 heavy (non-hydrogen) atoms. The van der Waals surface area contributed by atoms with E-state index in [-0.39, 0.29) is 5.97 Å². The van der Waals surface area contributed by atoms with Crippen LogP contribution in [0.1, 0.15) is 46.4 Å². The summed E-state index contributed by atoms with van der Waals surface area (Å²) < 4.78 is 12.6. The summed E-state index contributed by atoms with van der Waals surface area (Å²) in [7, 11) is 3.08. The second-order valence-electron chi connectivity index (χ2n) is 7.60. The van der Waals surface area contributed by atoms with Gasteiger partial charge >= 0.3 is 5.97 Å². The van der Waals surface area contributed by atoms with Crippen LogP contribution in [0.2, 0.25) is 0 Å². The number of pyridine rings is 1. The second kappa shape index (κ2) is 7.66. The molecule has 0 amide bonds. The van der Waals surface area contributed by atoms with E-state index in [2.05, 4.69) is 22.5 Å². The van der Waals surface area contributed by atoms with Crippen molar-refractivity contribution < 1.29 is 14.3 Å². The summed E-state index contributed by atoms with van der Waals surface area (Å²) in [5.41, 5.74) is 5.35. The quantitative estimate of drug-likeness (QED) is 0.591. The number of esters is 1. The lowest BCUT2D eigenvalue weighted by molar-refractivity contribution is 0.0601. The van der Waals surface area contributed by atoms with Crippen LogP contribution in [0, 0.1) is 12.8 Å². The lowest BCUT2D eigenvalue weighted by Gasteiger charge is -2.27. The number of rotatable bonds is 6. The van der Waals surface area contributed by atoms with Gasteiger partial charge in [-0.3, -0.25) is 4.98 Å². The molecule has 4 rings (SSSR count). The summed E-state index contributed by atoms with van der Waals surface area (Å²) in [6.45, 7) is 3.18. The fourth-order valence-electron chi connectivity index (χ4n) is 4.06. The zero-order valence-corrected chi connectivity index (χ0v) is 16.7. The maximum absolute atomic E-state index is 12.1. The van der Waals surface area contributed by atoms with Crippen LogP contribution >= 0.6 is 0 Å². The molecule has 1 saturated carbocycles. The van der Waals surface area contributed by atoms with Gasteiger partial charge in [0, 0.05) is 35.8 Å². The third-order valence-corrected chi connectivity index (χ3v) is 5.93. The molecule has 146 valence electrons. The lowest BCUT2D eigenvalue weighted by Crippen LogP contribution is -2.18. The van der Waals surface area contributed by atoms with E-state index in [0.29, 0.717) is 5.56 Å². The summed E-state index contributed by atoms with van der Waals surface area (Å²) in [5.74, 6) is 1.19. The third kappa shape index (κ3) is 3.37. The van der Waals surface area contributed by atoms with Crippen molar-refractivity contribution in [3.8, 4) is 5.75 Å². The van der Waals surface area contributed by atoms with E-state index in [0.717, 1.165) is 35.7 Å². The van der Waals surface area contributed by atoms with Crippen LogP contribution in [0.25, 0.3) is 10.9 Å². The van der Waals surface area contributed by atoms with Gasteiger partial charge in [0.1, 0.15) is 5.75 Å². The maximum atomic E-state index is 12.1. The molecule has 0 unspecified atom stereocenters. The zero-order chi connectivity index (χ0) is 19.7. The predicted octanol–water partition coefficient (Wildman–Crippen LogP) is 4.53. The number of hydrogen-bond acceptors (Lipinski definition) is 4. The van der Waals surface area contributed by atoms with Crippen LogP contribution in [-0.4, -0.2) is 29.7 Å². The molecule has 0 atom stereocenters. The molecule has 0 saturated heterocycles. The van der Waals surface area contributed by atoms with Gasteiger partial charge in [-0.1, -0.05) is 12.5 Å². The van der Waals surface area contributed by atoms with Crippen molar-refractivity contribution in [2.75, 3.05) is 14.2 Å². The Hall–Kier alpha value is -2.82. The van der Waals surface area contributed by atoms with Gasteiger partial charge in [0.2, 0.25) is 0 Å². The Morgan fingerprint density at radius 1 is 1.21 bits per heavy atom. The molecule has 2 heterocycles. The SMILES string of the molecule is COC(=O)c1ccc2c(Cc3cncc(OC)c3)c(C)n(CC3CCC3)c2c1. The third-order valence-electron chi connectivity index (χ3n) is 5.93. The van der Waals surface area contributed by atoms with Crippen LogP contribution in [0.4, 0.5) is 0 Å². The van der Waals surface area contributed by atoms with Crippen molar-refractivity contribution in [3.05, 3.63) is 59.0 Å². The van der Waals surface area contributed by atoms with Crippen LogP contribution < -0.4 is 4.74 Å². The van der Waals surface area contributed by atoms with Gasteiger partial charge in [0.25, 0.3) is 0 Å². The first-order valence-corrected chi connectivity index (χ1v) is 9.78. The molecule has 0 bridgehead atoms. The highest BCUT2D eigenvalue weighted by atomic mass is 16.5. The van der Waals surface area contributed by atoms with Crippen molar-refractivity contribution in [2.24, 2.45) is 5.92 Å². The molecule has 5 heteroatoms. The summed E-state index contributed by atoms with van der Waals surface area (Å²) in [6, 6.07) is 7.91. The molecule has 5 nitrogen and oxygen atoms in total. The lowest BCUT2D eigenvalue weighted by atomic mass is 9.85. The number of ether oxygens (including phenoxy) is 2. The van der Waals surface area contributed by atoms with Crippen molar-refractivity contribution in [3.63, 3.8) is 0 Å². The Kier molecular flexibility index (Phi) is 5.07. The maximum Gasteiger partial charge on any atom is 0.337 e. The average molecular weight is 378 g/mol. The fourth-order valence-corrected chi connectivity index (χ4v) is 4.06. The monoisotopic (exact) mass is 378 g/mol. The predicted molar refractivity (Wildman–Crippen MR) is 109 cm³/mol. The largest absolute Gasteiger partial charge is 0.495 e. The Labute approximate surface area is 165 Å². The number of methoxy groups -OCH3 is 2. The standard InChI is InChI=1S/C23H26N2O3/c1-15-21(10-17-9-19(27-2)13-24-12-17)20-8-7-18(23(26)28-3)11-22(20)25(15)14-16-5-4-6-16/h7-9,11-13,16H,4-6,10,14H2,1-3H3. The fraction of sp³-hybridized carbons (Fsp3) is 0.391. The normalized spacial score (nSPS) is 14.1. The van der Waals surface area contributed by atoms with Crippen molar-refractivity contribution >= 4 is 16.9 Å². The minimum absolute atomic E-state index is 0.297. The Morgan fingerprint density at radius 2 is 2.04 bits per heavy atom. The Bertz CT molecular complexity index is 1020. The molecular formula is C23H26N2O3. The minimum atomic E-state index is -0.297. The molecule has 1 fully saturated rings. The molecule has 1 aliphatic rings. The smallest absolute Gasteiger partial charge is 0.337 e. The van der Waals surface area contributed by atoms with Crippen LogP contribution in [0.5, 0.6) is 5.75 Å². The number of nitrogens with zero attached hydrogens (tertiary/aromatic N) is 2. The number of benzene rings is 1. The molecule has 0 N–H and O–H groups in total. The molecule has 1 aliphatic carbocycles. The van der Waals surface area contributed by atoms with Gasteiger partial charge in [0.05, 0.1) is 26.0 Å². The first kappa shape index (κ1) is 18.5. The highest BCUT2D eigenvalue weighted by molar-refractivity contribution is 5.96. The first-order valence-electron chi connectivity index (χ1n) is 9.78. The number of hydrogen-bond donors (Lipinski definition) is 0. The second-order valence-corrected chi connectivity index (χ2v) is 7.60. The average Bonchev–Trinajstić information content (AvgIpc) is 2.95. The van der Waals surface area contributed by atoms with Crippen molar-refractivity contribution in [1.29, 1.82) is 0 Å². The van der Waals surface area contributed by atoms with Crippen molar-refractivity contribution in [2.45, 2.75) is 39.2 Å². The van der Waals surface area contributed by atoms with Crippen LogP contribution in [0.3, 0.4) is 0 Å². The number of carbonyl (C=O) groups is 1. The molecule has 0 spiro atoms. The van der Waals surface area contributed by atoms with E-state index in [9.17, 15) is 4.79 Å². The van der Waals surface area contributed by atoms with Gasteiger partial charge in [-0.05, 0) is 55.0 Å². The van der Waals surface area contributed by atoms with Crippen molar-refractivity contribution in [1.82, 2.24) is 9.55 Å². The number of carbonyl (C=O) groups excluding carboxylic acids is 1. The topological polar surface area (TPSA) is 53.4 Å². The molecule has 3 aromatic rings. The Balaban J connectivity index is 1.80. The van der Waals surface area contributed by atoms with E-state index in [1.165, 1.54) is 43.0 Å². The van der Waals surface area contributed by atoms with Gasteiger partial charge < -0.3 is 14.0 Å². The van der Waals surface area contributed by atoms with E-state index < -0.39 is 0 Å². The van der Waals surface area contributed by atoms with Crippen LogP contribution in [0.15, 0.2) is 36.7 Å². The number of fused-ring (bicyclic) bond motifs is 1. The van der Waals surface area contributed by atoms with Gasteiger partial charge in [-0.2, -0.15) is 0 Å². The molecular weight excluding hydrogens is 352 g/mol. The summed E-state index contributed by atoms with van der Waals surface area (Å²) in [6.07, 6.45) is 8.27. The molecule has 0 radical (unpaired) electrons. The van der Waals surface area contributed by atoms with Gasteiger partial charge in [-0.25, -0.2) is 4.79 Å². The summed E-state index contributed by atoms with van der Waals surface area (Å²) in [5, 5.41) is 1.19. The molecule has 0 aliphatic heterocycles. The summed E-state index contributed by atoms with van der Waals surface area (Å²) in [4.78, 5) is 16.4. The van der Waals surface area contributed by atoms with E-state index in [4.69, 9.17) is 9.47 Å². The zero-order valence-electron chi connectivity index (χ0n) is 16.7. The van der Waals surface area contributed by atoms with E-state index in [1.807, 2.05) is 24.4 Å². The highest BCUT2D eigenvalue weighted by Gasteiger charge is 2.22. The molecule has 2 aromatic heterocycles. The van der Waals surface area contributed by atoms with Gasteiger partial charge in [-0.15, -0.1) is 0 Å². The first-order chi connectivity index (χ1) is 13.6. The number of aromatic nitrogens is 2. The minimum Gasteiger partial charge on any atom is -0.495 e.